The molecule has 2 aliphatic heterocycles. The Morgan fingerprint density at radius 2 is 1.69 bits per heavy atom. The highest BCUT2D eigenvalue weighted by molar-refractivity contribution is 5.94. The number of fused-ring (bicyclic) bond motifs is 1. The van der Waals surface area contributed by atoms with Gasteiger partial charge in [-0.15, -0.1) is 0 Å². The van der Waals surface area contributed by atoms with Gasteiger partial charge in [0.25, 0.3) is 0 Å². The molecular weight excluding hydrogens is 400 g/mol. The summed E-state index contributed by atoms with van der Waals surface area (Å²) in [6.07, 6.45) is 5.04. The van der Waals surface area contributed by atoms with Crippen LogP contribution in [0.4, 0.5) is 5.69 Å². The lowest BCUT2D eigenvalue weighted by Crippen LogP contribution is -2.48. The third-order valence-electron chi connectivity index (χ3n) is 6.95. The Bertz CT molecular complexity index is 1010. The number of benzene rings is 2. The number of carbonyl (C=O) groups is 1. The lowest BCUT2D eigenvalue weighted by atomic mass is 9.94. The Balaban J connectivity index is 1.05. The molecule has 0 bridgehead atoms. The van der Waals surface area contributed by atoms with E-state index in [4.69, 9.17) is 4.42 Å². The van der Waals surface area contributed by atoms with Crippen molar-refractivity contribution in [3.05, 3.63) is 66.6 Å². The molecule has 6 nitrogen and oxygen atoms in total. The maximum Gasteiger partial charge on any atom is 0.301 e. The van der Waals surface area contributed by atoms with Gasteiger partial charge in [-0.25, -0.2) is 5.01 Å². The Hall–Kier alpha value is -2.83. The zero-order valence-corrected chi connectivity index (χ0v) is 18.6. The van der Waals surface area contributed by atoms with Gasteiger partial charge in [0, 0.05) is 50.3 Å². The van der Waals surface area contributed by atoms with Crippen LogP contribution < -0.4 is 10.3 Å². The van der Waals surface area contributed by atoms with E-state index in [1.165, 1.54) is 35.7 Å². The Kier molecular flexibility index (Phi) is 6.41. The number of piperazine rings is 1. The summed E-state index contributed by atoms with van der Waals surface area (Å²) in [5.74, 6) is 0.954. The van der Waals surface area contributed by atoms with E-state index in [0.29, 0.717) is 5.76 Å². The van der Waals surface area contributed by atoms with Gasteiger partial charge in [0.15, 0.2) is 5.76 Å². The highest BCUT2D eigenvalue weighted by Gasteiger charge is 2.23. The summed E-state index contributed by atoms with van der Waals surface area (Å²) >= 11 is 0. The number of hydrazine groups is 1. The molecule has 1 N–H and O–H groups in total. The van der Waals surface area contributed by atoms with Crippen LogP contribution in [-0.2, 0) is 0 Å². The van der Waals surface area contributed by atoms with Gasteiger partial charge in [0.1, 0.15) is 0 Å². The van der Waals surface area contributed by atoms with Crippen LogP contribution in [0.3, 0.4) is 0 Å². The molecule has 168 valence electrons. The molecule has 1 amide bonds. The summed E-state index contributed by atoms with van der Waals surface area (Å²) in [4.78, 5) is 17.3. The highest BCUT2D eigenvalue weighted by Crippen LogP contribution is 2.28. The van der Waals surface area contributed by atoms with E-state index < -0.39 is 0 Å². The molecule has 3 aromatic rings. The minimum Gasteiger partial charge on any atom is -0.459 e. The molecule has 2 aliphatic rings. The van der Waals surface area contributed by atoms with Crippen molar-refractivity contribution in [1.29, 1.82) is 0 Å². The number of hydrogen-bond donors (Lipinski definition) is 1. The standard InChI is InChI=1S/C26H32N4O2/c31-26(25-9-4-20-32-25)27-30-14-11-21(12-15-30)10-13-28-16-18-29(19-17-28)24-8-3-6-22-5-1-2-7-23(22)24/h1-9,20-21H,10-19H2,(H,27,31). The van der Waals surface area contributed by atoms with E-state index in [2.05, 4.69) is 57.7 Å². The fourth-order valence-electron chi connectivity index (χ4n) is 5.00. The van der Waals surface area contributed by atoms with Gasteiger partial charge in [-0.2, -0.15) is 0 Å². The van der Waals surface area contributed by atoms with Crippen LogP contribution in [0, 0.1) is 5.92 Å². The van der Waals surface area contributed by atoms with Gasteiger partial charge in [-0.05, 0) is 55.3 Å². The number of nitrogens with one attached hydrogen (secondary N) is 1. The van der Waals surface area contributed by atoms with Crippen molar-refractivity contribution >= 4 is 22.4 Å². The predicted molar refractivity (Wildman–Crippen MR) is 128 cm³/mol. The summed E-state index contributed by atoms with van der Waals surface area (Å²) in [5.41, 5.74) is 4.33. The fourth-order valence-corrected chi connectivity index (χ4v) is 5.00. The maximum absolute atomic E-state index is 12.1. The van der Waals surface area contributed by atoms with Crippen LogP contribution in [0.1, 0.15) is 29.8 Å². The van der Waals surface area contributed by atoms with Crippen LogP contribution in [-0.4, -0.2) is 61.6 Å². The molecule has 2 saturated heterocycles. The number of furan rings is 1. The second-order valence-electron chi connectivity index (χ2n) is 8.96. The number of nitrogens with zero attached hydrogens (tertiary/aromatic N) is 3. The first-order valence-electron chi connectivity index (χ1n) is 11.8. The molecule has 3 heterocycles. The van der Waals surface area contributed by atoms with Crippen molar-refractivity contribution in [3.8, 4) is 0 Å². The summed E-state index contributed by atoms with van der Waals surface area (Å²) in [6, 6.07) is 18.7. The van der Waals surface area contributed by atoms with Gasteiger partial charge in [-0.3, -0.25) is 15.1 Å². The molecule has 0 unspecified atom stereocenters. The minimum atomic E-state index is -0.155. The minimum absolute atomic E-state index is 0.155. The number of amides is 1. The number of rotatable bonds is 6. The van der Waals surface area contributed by atoms with Crippen LogP contribution in [0.25, 0.3) is 10.8 Å². The van der Waals surface area contributed by atoms with E-state index >= 15 is 0 Å². The average Bonchev–Trinajstić information content (AvgIpc) is 3.39. The smallest absolute Gasteiger partial charge is 0.301 e. The molecule has 0 aliphatic carbocycles. The van der Waals surface area contributed by atoms with Crippen LogP contribution in [0.15, 0.2) is 65.3 Å². The maximum atomic E-state index is 12.1. The molecule has 0 saturated carbocycles. The molecule has 2 fully saturated rings. The molecular formula is C26H32N4O2. The third kappa shape index (κ3) is 4.81. The summed E-state index contributed by atoms with van der Waals surface area (Å²) in [7, 11) is 0. The van der Waals surface area contributed by atoms with Crippen molar-refractivity contribution in [2.24, 2.45) is 5.92 Å². The second-order valence-corrected chi connectivity index (χ2v) is 8.96. The van der Waals surface area contributed by atoms with E-state index in [1.54, 1.807) is 12.1 Å². The van der Waals surface area contributed by atoms with Crippen molar-refractivity contribution < 1.29 is 9.21 Å². The first-order chi connectivity index (χ1) is 15.8. The molecule has 5 rings (SSSR count). The molecule has 0 atom stereocenters. The highest BCUT2D eigenvalue weighted by atomic mass is 16.3. The van der Waals surface area contributed by atoms with Gasteiger partial charge in [-0.1, -0.05) is 36.4 Å². The van der Waals surface area contributed by atoms with E-state index in [9.17, 15) is 4.79 Å². The Labute approximate surface area is 189 Å². The number of piperidine rings is 1. The normalized spacial score (nSPS) is 18.8. The zero-order valence-electron chi connectivity index (χ0n) is 18.6. The second kappa shape index (κ2) is 9.76. The van der Waals surface area contributed by atoms with Gasteiger partial charge in [0.2, 0.25) is 0 Å². The summed E-state index contributed by atoms with van der Waals surface area (Å²) < 4.78 is 5.17. The lowest BCUT2D eigenvalue weighted by Gasteiger charge is -2.38. The number of anilines is 1. The molecule has 2 aromatic carbocycles. The zero-order chi connectivity index (χ0) is 21.8. The molecule has 1 aromatic heterocycles. The molecule has 32 heavy (non-hydrogen) atoms. The van der Waals surface area contributed by atoms with Crippen LogP contribution in [0.5, 0.6) is 0 Å². The SMILES string of the molecule is O=C(NN1CCC(CCN2CCN(c3cccc4ccccc34)CC2)CC1)c1ccco1. The van der Waals surface area contributed by atoms with Crippen LogP contribution >= 0.6 is 0 Å². The van der Waals surface area contributed by atoms with Gasteiger partial charge < -0.3 is 9.32 Å². The number of hydrogen-bond acceptors (Lipinski definition) is 5. The van der Waals surface area contributed by atoms with Crippen molar-refractivity contribution in [3.63, 3.8) is 0 Å². The van der Waals surface area contributed by atoms with E-state index in [-0.39, 0.29) is 5.91 Å². The molecule has 6 heteroatoms. The topological polar surface area (TPSA) is 52.0 Å². The van der Waals surface area contributed by atoms with E-state index in [0.717, 1.165) is 58.0 Å². The van der Waals surface area contributed by atoms with Crippen molar-refractivity contribution in [1.82, 2.24) is 15.3 Å². The Morgan fingerprint density at radius 3 is 2.47 bits per heavy atom. The van der Waals surface area contributed by atoms with Crippen LogP contribution in [0.2, 0.25) is 0 Å². The fraction of sp³-hybridized carbons (Fsp3) is 0.423. The first kappa shape index (κ1) is 21.0. The van der Waals surface area contributed by atoms with Crippen molar-refractivity contribution in [2.75, 3.05) is 50.7 Å². The third-order valence-corrected chi connectivity index (χ3v) is 6.95. The predicted octanol–water partition coefficient (Wildman–Crippen LogP) is 4.00. The number of carbonyl (C=O) groups excluding carboxylic acids is 1. The summed E-state index contributed by atoms with van der Waals surface area (Å²) in [5, 5.41) is 4.71. The average molecular weight is 433 g/mol. The molecule has 0 radical (unpaired) electrons. The molecule has 0 spiro atoms. The monoisotopic (exact) mass is 432 g/mol. The van der Waals surface area contributed by atoms with Gasteiger partial charge in [0.05, 0.1) is 6.26 Å². The van der Waals surface area contributed by atoms with E-state index in [1.807, 2.05) is 5.01 Å². The largest absolute Gasteiger partial charge is 0.459 e. The quantitative estimate of drug-likeness (QED) is 0.638. The summed E-state index contributed by atoms with van der Waals surface area (Å²) in [6.45, 7) is 7.42. The van der Waals surface area contributed by atoms with Crippen molar-refractivity contribution in [2.45, 2.75) is 19.3 Å². The lowest BCUT2D eigenvalue weighted by molar-refractivity contribution is 0.0660. The Morgan fingerprint density at radius 1 is 0.906 bits per heavy atom. The first-order valence-corrected chi connectivity index (χ1v) is 11.8. The van der Waals surface area contributed by atoms with Gasteiger partial charge >= 0.3 is 5.91 Å².